The van der Waals surface area contributed by atoms with Gasteiger partial charge in [-0.15, -0.1) is 11.3 Å². The molecule has 0 bridgehead atoms. The Hall–Kier alpha value is -1.49. The Bertz CT molecular complexity index is 918. The summed E-state index contributed by atoms with van der Waals surface area (Å²) < 4.78 is 66.1. The normalized spacial score (nSPS) is 17.4. The lowest BCUT2D eigenvalue weighted by atomic mass is 10.1. The minimum absolute atomic E-state index is 0.00447. The van der Waals surface area contributed by atoms with Gasteiger partial charge >= 0.3 is 6.18 Å². The third-order valence-electron chi connectivity index (χ3n) is 4.54. The Morgan fingerprint density at radius 3 is 2.37 bits per heavy atom. The van der Waals surface area contributed by atoms with Crippen LogP contribution < -0.4 is 0 Å². The summed E-state index contributed by atoms with van der Waals surface area (Å²) in [6.45, 7) is 5.37. The van der Waals surface area contributed by atoms with Crippen LogP contribution in [0.2, 0.25) is 0 Å². The van der Waals surface area contributed by atoms with Gasteiger partial charge in [-0.25, -0.2) is 13.4 Å². The van der Waals surface area contributed by atoms with E-state index < -0.39 is 21.8 Å². The largest absolute Gasteiger partial charge is 0.416 e. The highest BCUT2D eigenvalue weighted by atomic mass is 32.2. The molecule has 2 heterocycles. The average Bonchev–Trinajstić information content (AvgIpc) is 2.99. The molecule has 0 aliphatic carbocycles. The number of hydrogen-bond donors (Lipinski definition) is 0. The number of benzene rings is 1. The number of aryl methyl sites for hydroxylation is 2. The molecule has 1 saturated heterocycles. The van der Waals surface area contributed by atoms with Crippen molar-refractivity contribution < 1.29 is 21.6 Å². The summed E-state index contributed by atoms with van der Waals surface area (Å²) in [6, 6.07) is 3.18. The van der Waals surface area contributed by atoms with Crippen LogP contribution in [0.4, 0.5) is 13.2 Å². The van der Waals surface area contributed by atoms with Crippen molar-refractivity contribution in [2.75, 3.05) is 26.2 Å². The fourth-order valence-corrected chi connectivity index (χ4v) is 5.11. The van der Waals surface area contributed by atoms with Crippen LogP contribution in [-0.4, -0.2) is 48.8 Å². The van der Waals surface area contributed by atoms with Crippen LogP contribution in [0.1, 0.15) is 21.8 Å². The number of halogens is 3. The summed E-state index contributed by atoms with van der Waals surface area (Å²) in [6.07, 6.45) is -4.58. The van der Waals surface area contributed by atoms with E-state index in [1.54, 1.807) is 11.3 Å². The maximum atomic E-state index is 13.1. The van der Waals surface area contributed by atoms with Crippen molar-refractivity contribution in [2.45, 2.75) is 31.5 Å². The zero-order valence-corrected chi connectivity index (χ0v) is 16.6. The van der Waals surface area contributed by atoms with E-state index in [9.17, 15) is 21.6 Å². The Kier molecular flexibility index (Phi) is 5.62. The number of alkyl halides is 3. The van der Waals surface area contributed by atoms with Gasteiger partial charge < -0.3 is 0 Å². The smallest absolute Gasteiger partial charge is 0.295 e. The van der Waals surface area contributed by atoms with Crippen LogP contribution >= 0.6 is 11.3 Å². The molecule has 3 rings (SSSR count). The third kappa shape index (κ3) is 4.50. The van der Waals surface area contributed by atoms with Crippen molar-refractivity contribution in [1.82, 2.24) is 14.2 Å². The van der Waals surface area contributed by atoms with Crippen LogP contribution in [0.5, 0.6) is 0 Å². The Labute approximate surface area is 160 Å². The number of thiazole rings is 1. The second-order valence-corrected chi connectivity index (χ2v) is 9.51. The monoisotopic (exact) mass is 419 g/mol. The van der Waals surface area contributed by atoms with Gasteiger partial charge in [0.05, 0.1) is 21.2 Å². The van der Waals surface area contributed by atoms with Crippen LogP contribution in [0.25, 0.3) is 0 Å². The first-order valence-corrected chi connectivity index (χ1v) is 10.7. The molecule has 1 fully saturated rings. The lowest BCUT2D eigenvalue weighted by Crippen LogP contribution is -2.48. The topological polar surface area (TPSA) is 53.5 Å². The van der Waals surface area contributed by atoms with Gasteiger partial charge in [0.15, 0.2) is 0 Å². The lowest BCUT2D eigenvalue weighted by Gasteiger charge is -2.33. The number of hydrogen-bond acceptors (Lipinski definition) is 5. The summed E-state index contributed by atoms with van der Waals surface area (Å²) >= 11 is 1.56. The number of aromatic nitrogens is 1. The highest BCUT2D eigenvalue weighted by Gasteiger charge is 2.35. The second-order valence-electron chi connectivity index (χ2n) is 6.51. The maximum absolute atomic E-state index is 13.1. The third-order valence-corrected chi connectivity index (χ3v) is 7.25. The molecule has 1 aliphatic heterocycles. The van der Waals surface area contributed by atoms with E-state index in [4.69, 9.17) is 0 Å². The van der Waals surface area contributed by atoms with Crippen LogP contribution in [0, 0.1) is 13.8 Å². The summed E-state index contributed by atoms with van der Waals surface area (Å²) in [7, 11) is -3.96. The Morgan fingerprint density at radius 1 is 1.15 bits per heavy atom. The first-order valence-electron chi connectivity index (χ1n) is 8.39. The Morgan fingerprint density at radius 2 is 1.81 bits per heavy atom. The molecule has 0 radical (unpaired) electrons. The van der Waals surface area contributed by atoms with Gasteiger partial charge in [-0.05, 0) is 31.5 Å². The van der Waals surface area contributed by atoms with E-state index in [0.29, 0.717) is 19.6 Å². The summed E-state index contributed by atoms with van der Waals surface area (Å²) in [5.74, 6) is 0. The minimum Gasteiger partial charge on any atom is -0.295 e. The summed E-state index contributed by atoms with van der Waals surface area (Å²) in [4.78, 5) is 6.18. The fraction of sp³-hybridized carbons (Fsp3) is 0.471. The molecule has 10 heteroatoms. The van der Waals surface area contributed by atoms with E-state index in [0.717, 1.165) is 16.8 Å². The molecule has 27 heavy (non-hydrogen) atoms. The number of sulfonamides is 1. The van der Waals surface area contributed by atoms with Gasteiger partial charge in [0, 0.05) is 38.1 Å². The van der Waals surface area contributed by atoms with Gasteiger partial charge in [-0.2, -0.15) is 17.5 Å². The minimum atomic E-state index is -4.58. The molecule has 0 atom stereocenters. The molecule has 0 saturated carbocycles. The number of rotatable bonds is 4. The van der Waals surface area contributed by atoms with Gasteiger partial charge in [0.1, 0.15) is 0 Å². The first-order chi connectivity index (χ1) is 12.6. The van der Waals surface area contributed by atoms with Crippen LogP contribution in [-0.2, 0) is 22.7 Å². The molecular formula is C17H20F3N3O2S2. The molecule has 5 nitrogen and oxygen atoms in total. The van der Waals surface area contributed by atoms with Crippen LogP contribution in [0.15, 0.2) is 28.5 Å². The zero-order valence-electron chi connectivity index (χ0n) is 15.0. The molecule has 148 valence electrons. The molecule has 1 aromatic carbocycles. The van der Waals surface area contributed by atoms with E-state index >= 15 is 0 Å². The molecule has 1 aliphatic rings. The van der Waals surface area contributed by atoms with Gasteiger partial charge in [0.2, 0.25) is 10.0 Å². The molecular weight excluding hydrogens is 399 g/mol. The summed E-state index contributed by atoms with van der Waals surface area (Å²) in [5.41, 5.74) is 0.0353. The van der Waals surface area contributed by atoms with Crippen LogP contribution in [0.3, 0.4) is 0 Å². The highest BCUT2D eigenvalue weighted by Crippen LogP contribution is 2.34. The van der Waals surface area contributed by atoms with Crippen molar-refractivity contribution in [1.29, 1.82) is 0 Å². The molecule has 0 amide bonds. The van der Waals surface area contributed by atoms with Gasteiger partial charge in [-0.1, -0.05) is 6.07 Å². The molecule has 0 spiro atoms. The standard InChI is InChI=1S/C17H20F3N3O2S2/c1-12-3-4-15(9-16(12)17(18,19)20)27(24,25)23-7-5-22(6-8-23)10-14-11-26-13(2)21-14/h3-4,9,11H,5-8,10H2,1-2H3. The van der Waals surface area contributed by atoms with Crippen molar-refractivity contribution >= 4 is 21.4 Å². The van der Waals surface area contributed by atoms with Gasteiger partial charge in [-0.3, -0.25) is 4.90 Å². The fourth-order valence-electron chi connectivity index (χ4n) is 3.05. The summed E-state index contributed by atoms with van der Waals surface area (Å²) in [5, 5.41) is 2.95. The first kappa shape index (κ1) is 20.2. The van der Waals surface area contributed by atoms with Crippen molar-refractivity contribution in [3.8, 4) is 0 Å². The molecule has 1 aromatic heterocycles. The average molecular weight is 419 g/mol. The lowest BCUT2D eigenvalue weighted by molar-refractivity contribution is -0.138. The van der Waals surface area contributed by atoms with Crippen molar-refractivity contribution in [2.24, 2.45) is 0 Å². The molecule has 0 N–H and O–H groups in total. The van der Waals surface area contributed by atoms with E-state index in [-0.39, 0.29) is 23.5 Å². The zero-order chi connectivity index (χ0) is 19.8. The highest BCUT2D eigenvalue weighted by molar-refractivity contribution is 7.89. The molecule has 2 aromatic rings. The van der Waals surface area contributed by atoms with E-state index in [1.807, 2.05) is 12.3 Å². The van der Waals surface area contributed by atoms with Gasteiger partial charge in [0.25, 0.3) is 0 Å². The quantitative estimate of drug-likeness (QED) is 0.763. The second kappa shape index (κ2) is 7.50. The Balaban J connectivity index is 1.72. The predicted molar refractivity (Wildman–Crippen MR) is 97.1 cm³/mol. The number of nitrogens with zero attached hydrogens (tertiary/aromatic N) is 3. The van der Waals surface area contributed by atoms with E-state index in [1.165, 1.54) is 23.4 Å². The van der Waals surface area contributed by atoms with Crippen molar-refractivity contribution in [3.05, 3.63) is 45.4 Å². The molecule has 0 unspecified atom stereocenters. The maximum Gasteiger partial charge on any atom is 0.416 e. The van der Waals surface area contributed by atoms with Crippen molar-refractivity contribution in [3.63, 3.8) is 0 Å². The van der Waals surface area contributed by atoms with E-state index in [2.05, 4.69) is 9.88 Å². The predicted octanol–water partition coefficient (Wildman–Crippen LogP) is 3.29. The number of piperazine rings is 1. The SMILES string of the molecule is Cc1nc(CN2CCN(S(=O)(=O)c3ccc(C)c(C(F)(F)F)c3)CC2)cs1.